The van der Waals surface area contributed by atoms with Gasteiger partial charge in [-0.15, -0.1) is 0 Å². The van der Waals surface area contributed by atoms with Gasteiger partial charge in [0.1, 0.15) is 6.04 Å². The number of rotatable bonds is 5. The van der Waals surface area contributed by atoms with Crippen LogP contribution in [0.3, 0.4) is 0 Å². The third-order valence-electron chi connectivity index (χ3n) is 1.26. The Morgan fingerprint density at radius 2 is 1.77 bits per heavy atom. The van der Waals surface area contributed by atoms with Crippen LogP contribution in [0, 0.1) is 0 Å². The molecule has 4 nitrogen and oxygen atoms in total. The van der Waals surface area contributed by atoms with E-state index in [1.165, 1.54) is 0 Å². The maximum atomic E-state index is 11.1. The Balaban J connectivity index is 3.69. The molecule has 0 heterocycles. The second kappa shape index (κ2) is 5.94. The Morgan fingerprint density at radius 3 is 2.15 bits per heavy atom. The Morgan fingerprint density at radius 1 is 1.23 bits per heavy atom. The Bertz CT molecular complexity index is 157. The molecule has 0 saturated heterocycles. The van der Waals surface area contributed by atoms with Crippen molar-refractivity contribution in [3.63, 3.8) is 0 Å². The summed E-state index contributed by atoms with van der Waals surface area (Å²) in [7, 11) is 0. The molecular formula is C9H19NO3. The summed E-state index contributed by atoms with van der Waals surface area (Å²) in [5.41, 5.74) is 5.51. The van der Waals surface area contributed by atoms with Crippen LogP contribution < -0.4 is 5.73 Å². The van der Waals surface area contributed by atoms with Gasteiger partial charge in [-0.25, -0.2) is 0 Å². The number of hydrogen-bond acceptors (Lipinski definition) is 4. The SMILES string of the molecule is CC(C)OCC(N)C(=O)OC(C)C. The van der Waals surface area contributed by atoms with Crippen LogP contribution in [-0.4, -0.2) is 30.8 Å². The molecule has 4 heteroatoms. The minimum absolute atomic E-state index is 0.0814. The number of nitrogens with two attached hydrogens (primary N) is 1. The quantitative estimate of drug-likeness (QED) is 0.646. The first-order valence-electron chi connectivity index (χ1n) is 4.51. The predicted molar refractivity (Wildman–Crippen MR) is 50.3 cm³/mol. The monoisotopic (exact) mass is 189 g/mol. The molecule has 0 radical (unpaired) electrons. The van der Waals surface area contributed by atoms with Crippen molar-refractivity contribution in [2.45, 2.75) is 45.9 Å². The van der Waals surface area contributed by atoms with E-state index in [4.69, 9.17) is 15.2 Å². The van der Waals surface area contributed by atoms with Crippen LogP contribution in [0.1, 0.15) is 27.7 Å². The number of ether oxygens (including phenoxy) is 2. The molecule has 0 bridgehead atoms. The molecule has 1 atom stereocenters. The largest absolute Gasteiger partial charge is 0.462 e. The van der Waals surface area contributed by atoms with Gasteiger partial charge in [0.2, 0.25) is 0 Å². The van der Waals surface area contributed by atoms with E-state index < -0.39 is 12.0 Å². The van der Waals surface area contributed by atoms with Crippen molar-refractivity contribution in [3.8, 4) is 0 Å². The smallest absolute Gasteiger partial charge is 0.325 e. The molecule has 0 saturated carbocycles. The van der Waals surface area contributed by atoms with Gasteiger partial charge in [-0.3, -0.25) is 4.79 Å². The molecule has 0 spiro atoms. The lowest BCUT2D eigenvalue weighted by molar-refractivity contribution is -0.150. The molecule has 0 aliphatic heterocycles. The molecule has 1 unspecified atom stereocenters. The number of esters is 1. The highest BCUT2D eigenvalue weighted by Gasteiger charge is 2.16. The van der Waals surface area contributed by atoms with Crippen LogP contribution in [0.2, 0.25) is 0 Å². The fraction of sp³-hybridized carbons (Fsp3) is 0.889. The topological polar surface area (TPSA) is 61.5 Å². The van der Waals surface area contributed by atoms with E-state index in [1.807, 2.05) is 13.8 Å². The molecule has 0 rings (SSSR count). The zero-order chi connectivity index (χ0) is 10.4. The Hall–Kier alpha value is -0.610. The molecule has 0 fully saturated rings. The first-order chi connectivity index (χ1) is 5.93. The van der Waals surface area contributed by atoms with Crippen molar-refractivity contribution in [2.24, 2.45) is 5.73 Å². The van der Waals surface area contributed by atoms with Gasteiger partial charge in [0.15, 0.2) is 0 Å². The highest BCUT2D eigenvalue weighted by atomic mass is 16.5. The van der Waals surface area contributed by atoms with Crippen LogP contribution in [0.15, 0.2) is 0 Å². The summed E-state index contributed by atoms with van der Waals surface area (Å²) in [5, 5.41) is 0. The lowest BCUT2D eigenvalue weighted by Crippen LogP contribution is -2.38. The van der Waals surface area contributed by atoms with E-state index in [1.54, 1.807) is 13.8 Å². The van der Waals surface area contributed by atoms with Crippen molar-refractivity contribution in [3.05, 3.63) is 0 Å². The molecule has 0 aliphatic rings. The lowest BCUT2D eigenvalue weighted by atomic mass is 10.3. The fourth-order valence-electron chi connectivity index (χ4n) is 0.684. The van der Waals surface area contributed by atoms with Gasteiger partial charge >= 0.3 is 5.97 Å². The van der Waals surface area contributed by atoms with Crippen LogP contribution >= 0.6 is 0 Å². The Labute approximate surface area is 79.4 Å². The molecule has 13 heavy (non-hydrogen) atoms. The third-order valence-corrected chi connectivity index (χ3v) is 1.26. The van der Waals surface area contributed by atoms with E-state index in [0.717, 1.165) is 0 Å². The standard InChI is InChI=1S/C9H19NO3/c1-6(2)12-5-8(10)9(11)13-7(3)4/h6-8H,5,10H2,1-4H3. The third kappa shape index (κ3) is 6.54. The zero-order valence-electron chi connectivity index (χ0n) is 8.74. The van der Waals surface area contributed by atoms with Crippen LogP contribution in [-0.2, 0) is 14.3 Å². The highest BCUT2D eigenvalue weighted by molar-refractivity contribution is 5.75. The van der Waals surface area contributed by atoms with Gasteiger partial charge in [-0.1, -0.05) is 0 Å². The molecule has 78 valence electrons. The van der Waals surface area contributed by atoms with Crippen molar-refractivity contribution >= 4 is 5.97 Å². The summed E-state index contributed by atoms with van der Waals surface area (Å²) in [5.74, 6) is -0.407. The number of carbonyl (C=O) groups excluding carboxylic acids is 1. The van der Waals surface area contributed by atoms with Crippen LogP contribution in [0.4, 0.5) is 0 Å². The summed E-state index contributed by atoms with van der Waals surface area (Å²) >= 11 is 0. The summed E-state index contributed by atoms with van der Waals surface area (Å²) in [6.45, 7) is 7.56. The summed E-state index contributed by atoms with van der Waals surface area (Å²) in [4.78, 5) is 11.1. The van der Waals surface area contributed by atoms with E-state index in [-0.39, 0.29) is 18.8 Å². The highest BCUT2D eigenvalue weighted by Crippen LogP contribution is 1.95. The summed E-state index contributed by atoms with van der Waals surface area (Å²) in [6, 6.07) is -0.676. The molecular weight excluding hydrogens is 170 g/mol. The van der Waals surface area contributed by atoms with Crippen molar-refractivity contribution in [1.82, 2.24) is 0 Å². The van der Waals surface area contributed by atoms with Crippen molar-refractivity contribution in [1.29, 1.82) is 0 Å². The van der Waals surface area contributed by atoms with Gasteiger partial charge in [-0.05, 0) is 27.7 Å². The maximum absolute atomic E-state index is 11.1. The molecule has 0 aromatic rings. The Kier molecular flexibility index (Phi) is 5.66. The normalized spacial score (nSPS) is 13.5. The average molecular weight is 189 g/mol. The maximum Gasteiger partial charge on any atom is 0.325 e. The second-order valence-corrected chi connectivity index (χ2v) is 3.47. The van der Waals surface area contributed by atoms with Crippen LogP contribution in [0.5, 0.6) is 0 Å². The molecule has 2 N–H and O–H groups in total. The van der Waals surface area contributed by atoms with Gasteiger partial charge in [0.05, 0.1) is 18.8 Å². The van der Waals surface area contributed by atoms with Gasteiger partial charge in [0, 0.05) is 0 Å². The minimum atomic E-state index is -0.676. The second-order valence-electron chi connectivity index (χ2n) is 3.47. The molecule has 0 amide bonds. The summed E-state index contributed by atoms with van der Waals surface area (Å²) in [6.07, 6.45) is -0.0458. The summed E-state index contributed by atoms with van der Waals surface area (Å²) < 4.78 is 10.1. The van der Waals surface area contributed by atoms with Gasteiger partial charge in [-0.2, -0.15) is 0 Å². The first kappa shape index (κ1) is 12.4. The van der Waals surface area contributed by atoms with Crippen molar-refractivity contribution < 1.29 is 14.3 Å². The lowest BCUT2D eigenvalue weighted by Gasteiger charge is -2.15. The van der Waals surface area contributed by atoms with E-state index in [0.29, 0.717) is 0 Å². The number of carbonyl (C=O) groups is 1. The minimum Gasteiger partial charge on any atom is -0.462 e. The van der Waals surface area contributed by atoms with E-state index in [2.05, 4.69) is 0 Å². The zero-order valence-corrected chi connectivity index (χ0v) is 8.74. The van der Waals surface area contributed by atoms with E-state index in [9.17, 15) is 4.79 Å². The van der Waals surface area contributed by atoms with Gasteiger partial charge < -0.3 is 15.2 Å². The van der Waals surface area contributed by atoms with Crippen LogP contribution in [0.25, 0.3) is 0 Å². The number of hydrogen-bond donors (Lipinski definition) is 1. The fourth-order valence-corrected chi connectivity index (χ4v) is 0.684. The predicted octanol–water partition coefficient (Wildman–Crippen LogP) is 0.690. The first-order valence-corrected chi connectivity index (χ1v) is 4.51. The van der Waals surface area contributed by atoms with Crippen molar-refractivity contribution in [2.75, 3.05) is 6.61 Å². The average Bonchev–Trinajstić information content (AvgIpc) is 1.98. The van der Waals surface area contributed by atoms with Gasteiger partial charge in [0.25, 0.3) is 0 Å². The van der Waals surface area contributed by atoms with E-state index >= 15 is 0 Å². The molecule has 0 aromatic heterocycles. The molecule has 0 aromatic carbocycles. The molecule has 0 aliphatic carbocycles.